The summed E-state index contributed by atoms with van der Waals surface area (Å²) in [6.07, 6.45) is 3.93. The predicted octanol–water partition coefficient (Wildman–Crippen LogP) is 1.01. The number of carboxylic acid groups (broad SMARTS) is 1. The number of aliphatic carboxylic acids is 1. The quantitative estimate of drug-likeness (QED) is 0.673. The molecule has 0 radical (unpaired) electrons. The molecular weight excluding hydrogens is 182 g/mol. The molecule has 0 amide bonds. The summed E-state index contributed by atoms with van der Waals surface area (Å²) in [5.74, 6) is -0.759. The van der Waals surface area contributed by atoms with E-state index in [-0.39, 0.29) is 6.10 Å². The van der Waals surface area contributed by atoms with Gasteiger partial charge in [0.1, 0.15) is 6.04 Å². The molecule has 1 heterocycles. The third kappa shape index (κ3) is 3.64. The molecule has 14 heavy (non-hydrogen) atoms. The fourth-order valence-electron chi connectivity index (χ4n) is 1.68. The monoisotopic (exact) mass is 201 g/mol. The fourth-order valence-corrected chi connectivity index (χ4v) is 1.68. The number of hydrogen-bond donors (Lipinski definition) is 2. The van der Waals surface area contributed by atoms with Crippen molar-refractivity contribution in [2.24, 2.45) is 0 Å². The Morgan fingerprint density at radius 1 is 1.71 bits per heavy atom. The zero-order chi connectivity index (χ0) is 10.4. The van der Waals surface area contributed by atoms with E-state index in [1.165, 1.54) is 0 Å². The van der Waals surface area contributed by atoms with Gasteiger partial charge in [0, 0.05) is 13.2 Å². The molecule has 0 aromatic rings. The van der Waals surface area contributed by atoms with Crippen molar-refractivity contribution < 1.29 is 14.6 Å². The lowest BCUT2D eigenvalue weighted by molar-refractivity contribution is -0.139. The highest BCUT2D eigenvalue weighted by Gasteiger charge is 2.20. The molecule has 0 bridgehead atoms. The highest BCUT2D eigenvalue weighted by atomic mass is 16.5. The predicted molar refractivity (Wildman–Crippen MR) is 53.3 cm³/mol. The second kappa shape index (κ2) is 5.98. The molecule has 2 atom stereocenters. The molecule has 1 saturated heterocycles. The van der Waals surface area contributed by atoms with Crippen LogP contribution in [0.15, 0.2) is 0 Å². The summed E-state index contributed by atoms with van der Waals surface area (Å²) in [6, 6.07) is -0.413. The molecule has 0 aromatic carbocycles. The molecule has 0 spiro atoms. The average molecular weight is 201 g/mol. The molecule has 1 fully saturated rings. The molecule has 0 aromatic heterocycles. The van der Waals surface area contributed by atoms with Crippen molar-refractivity contribution in [3.8, 4) is 0 Å². The summed E-state index contributed by atoms with van der Waals surface area (Å²) in [7, 11) is 0. The van der Waals surface area contributed by atoms with Crippen LogP contribution < -0.4 is 5.32 Å². The molecule has 1 aliphatic rings. The molecule has 82 valence electrons. The Balaban J connectivity index is 2.21. The lowest BCUT2D eigenvalue weighted by atomic mass is 10.1. The van der Waals surface area contributed by atoms with Crippen molar-refractivity contribution in [3.05, 3.63) is 0 Å². The van der Waals surface area contributed by atoms with E-state index in [1.807, 2.05) is 6.92 Å². The summed E-state index contributed by atoms with van der Waals surface area (Å²) < 4.78 is 5.41. The number of hydrogen-bond acceptors (Lipinski definition) is 3. The van der Waals surface area contributed by atoms with Gasteiger partial charge in [-0.1, -0.05) is 13.3 Å². The highest BCUT2D eigenvalue weighted by Crippen LogP contribution is 2.11. The molecule has 4 nitrogen and oxygen atoms in total. The van der Waals surface area contributed by atoms with Crippen molar-refractivity contribution in [1.82, 2.24) is 5.32 Å². The van der Waals surface area contributed by atoms with E-state index in [0.717, 1.165) is 25.9 Å². The van der Waals surface area contributed by atoms with Gasteiger partial charge in [0.05, 0.1) is 6.10 Å². The molecule has 2 N–H and O–H groups in total. The Kier molecular flexibility index (Phi) is 4.90. The molecule has 1 aliphatic heterocycles. The van der Waals surface area contributed by atoms with Crippen LogP contribution in [0.2, 0.25) is 0 Å². The van der Waals surface area contributed by atoms with E-state index in [0.29, 0.717) is 13.0 Å². The third-order valence-corrected chi connectivity index (χ3v) is 2.49. The summed E-state index contributed by atoms with van der Waals surface area (Å²) in [5, 5.41) is 11.9. The first-order chi connectivity index (χ1) is 6.74. The molecule has 0 aliphatic carbocycles. The van der Waals surface area contributed by atoms with Crippen LogP contribution in [0.4, 0.5) is 0 Å². The van der Waals surface area contributed by atoms with Crippen LogP contribution >= 0.6 is 0 Å². The van der Waals surface area contributed by atoms with Gasteiger partial charge in [0.15, 0.2) is 0 Å². The van der Waals surface area contributed by atoms with Crippen molar-refractivity contribution >= 4 is 5.97 Å². The normalized spacial score (nSPS) is 23.6. The average Bonchev–Trinajstić information content (AvgIpc) is 2.64. The smallest absolute Gasteiger partial charge is 0.320 e. The number of rotatable bonds is 6. The minimum Gasteiger partial charge on any atom is -0.480 e. The second-order valence-electron chi connectivity index (χ2n) is 3.72. The summed E-state index contributed by atoms with van der Waals surface area (Å²) in [5.41, 5.74) is 0. The van der Waals surface area contributed by atoms with Gasteiger partial charge < -0.3 is 15.2 Å². The Hall–Kier alpha value is -0.610. The summed E-state index contributed by atoms with van der Waals surface area (Å²) >= 11 is 0. The van der Waals surface area contributed by atoms with Gasteiger partial charge in [-0.2, -0.15) is 0 Å². The number of nitrogens with one attached hydrogen (secondary N) is 1. The summed E-state index contributed by atoms with van der Waals surface area (Å²) in [4.78, 5) is 10.8. The first-order valence-corrected chi connectivity index (χ1v) is 5.31. The Morgan fingerprint density at radius 2 is 2.50 bits per heavy atom. The summed E-state index contributed by atoms with van der Waals surface area (Å²) in [6.45, 7) is 3.47. The Labute approximate surface area is 84.6 Å². The fraction of sp³-hybridized carbons (Fsp3) is 0.900. The SMILES string of the molecule is CCC[C@@H](NC[C@H]1CCCO1)C(=O)O. The van der Waals surface area contributed by atoms with Crippen LogP contribution in [0.3, 0.4) is 0 Å². The van der Waals surface area contributed by atoms with E-state index < -0.39 is 12.0 Å². The van der Waals surface area contributed by atoms with Crippen LogP contribution in [0, 0.1) is 0 Å². The highest BCUT2D eigenvalue weighted by molar-refractivity contribution is 5.73. The molecule has 0 unspecified atom stereocenters. The minimum atomic E-state index is -0.759. The van der Waals surface area contributed by atoms with Crippen molar-refractivity contribution in [2.75, 3.05) is 13.2 Å². The van der Waals surface area contributed by atoms with Crippen molar-refractivity contribution in [2.45, 2.75) is 44.8 Å². The van der Waals surface area contributed by atoms with E-state index in [9.17, 15) is 4.79 Å². The minimum absolute atomic E-state index is 0.216. The number of carbonyl (C=O) groups is 1. The maximum Gasteiger partial charge on any atom is 0.320 e. The topological polar surface area (TPSA) is 58.6 Å². The van der Waals surface area contributed by atoms with Crippen LogP contribution in [0.5, 0.6) is 0 Å². The van der Waals surface area contributed by atoms with Crippen LogP contribution in [-0.2, 0) is 9.53 Å². The van der Waals surface area contributed by atoms with E-state index in [2.05, 4.69) is 5.32 Å². The van der Waals surface area contributed by atoms with E-state index in [1.54, 1.807) is 0 Å². The number of ether oxygens (including phenoxy) is 1. The van der Waals surface area contributed by atoms with Crippen LogP contribution in [-0.4, -0.2) is 36.4 Å². The van der Waals surface area contributed by atoms with E-state index in [4.69, 9.17) is 9.84 Å². The van der Waals surface area contributed by atoms with Gasteiger partial charge >= 0.3 is 5.97 Å². The van der Waals surface area contributed by atoms with Crippen LogP contribution in [0.1, 0.15) is 32.6 Å². The lowest BCUT2D eigenvalue weighted by Gasteiger charge is -2.16. The third-order valence-electron chi connectivity index (χ3n) is 2.49. The van der Waals surface area contributed by atoms with Crippen LogP contribution in [0.25, 0.3) is 0 Å². The van der Waals surface area contributed by atoms with Gasteiger partial charge in [-0.25, -0.2) is 0 Å². The lowest BCUT2D eigenvalue weighted by Crippen LogP contribution is -2.40. The molecule has 0 saturated carbocycles. The molecular formula is C10H19NO3. The first kappa shape index (κ1) is 11.5. The zero-order valence-electron chi connectivity index (χ0n) is 8.66. The maximum absolute atomic E-state index is 10.8. The molecule has 1 rings (SSSR count). The second-order valence-corrected chi connectivity index (χ2v) is 3.72. The largest absolute Gasteiger partial charge is 0.480 e. The van der Waals surface area contributed by atoms with Crippen molar-refractivity contribution in [1.29, 1.82) is 0 Å². The Bertz CT molecular complexity index is 178. The maximum atomic E-state index is 10.8. The number of carboxylic acids is 1. The van der Waals surface area contributed by atoms with Crippen molar-refractivity contribution in [3.63, 3.8) is 0 Å². The van der Waals surface area contributed by atoms with Gasteiger partial charge in [-0.05, 0) is 19.3 Å². The van der Waals surface area contributed by atoms with Gasteiger partial charge in [0.25, 0.3) is 0 Å². The van der Waals surface area contributed by atoms with Gasteiger partial charge in [-0.15, -0.1) is 0 Å². The van der Waals surface area contributed by atoms with Gasteiger partial charge in [-0.3, -0.25) is 4.79 Å². The first-order valence-electron chi connectivity index (χ1n) is 5.31. The Morgan fingerprint density at radius 3 is 3.00 bits per heavy atom. The van der Waals surface area contributed by atoms with E-state index >= 15 is 0 Å². The standard InChI is InChI=1S/C10H19NO3/c1-2-4-9(10(12)13)11-7-8-5-3-6-14-8/h8-9,11H,2-7H2,1H3,(H,12,13)/t8-,9-/m1/s1. The van der Waals surface area contributed by atoms with Gasteiger partial charge in [0.2, 0.25) is 0 Å². The molecule has 4 heteroatoms. The zero-order valence-corrected chi connectivity index (χ0v) is 8.66.